The number of guanidine groups is 1. The number of benzene rings is 2. The first-order valence-electron chi connectivity index (χ1n) is 7.18. The third-order valence-corrected chi connectivity index (χ3v) is 3.08. The Morgan fingerprint density at radius 3 is 2.38 bits per heavy atom. The molecule has 0 aliphatic heterocycles. The molecule has 2 aromatic rings. The summed E-state index contributed by atoms with van der Waals surface area (Å²) in [5.41, 5.74) is 12.2. The molecule has 0 saturated carbocycles. The Morgan fingerprint density at radius 2 is 1.75 bits per heavy atom. The Bertz CT molecular complexity index is 726. The van der Waals surface area contributed by atoms with Crippen LogP contribution in [0.25, 0.3) is 0 Å². The van der Waals surface area contributed by atoms with E-state index >= 15 is 0 Å². The molecule has 0 unspecified atom stereocenters. The lowest BCUT2D eigenvalue weighted by molar-refractivity contribution is 0.275. The SMILES string of the molecule is COc1cc(C=NN=C(N)N)cc(OCc2ccccc2)c1OC. The van der Waals surface area contributed by atoms with Crippen molar-refractivity contribution in [2.75, 3.05) is 14.2 Å². The number of hydrogen-bond acceptors (Lipinski definition) is 5. The van der Waals surface area contributed by atoms with Gasteiger partial charge in [0.2, 0.25) is 11.7 Å². The fourth-order valence-electron chi connectivity index (χ4n) is 2.03. The van der Waals surface area contributed by atoms with Gasteiger partial charge >= 0.3 is 0 Å². The van der Waals surface area contributed by atoms with E-state index in [0.29, 0.717) is 29.4 Å². The number of rotatable bonds is 7. The van der Waals surface area contributed by atoms with E-state index in [9.17, 15) is 0 Å². The Hall–Kier alpha value is -3.22. The van der Waals surface area contributed by atoms with Crippen molar-refractivity contribution in [3.8, 4) is 17.2 Å². The standard InChI is InChI=1S/C17H20N4O3/c1-22-14-8-13(10-20-21-17(18)19)9-15(16(14)23-2)24-11-12-6-4-3-5-7-12/h3-10H,11H2,1-2H3,(H4,18,19,21). The highest BCUT2D eigenvalue weighted by molar-refractivity contribution is 5.83. The molecule has 4 N–H and O–H groups in total. The van der Waals surface area contributed by atoms with Gasteiger partial charge in [0.05, 0.1) is 20.4 Å². The Labute approximate surface area is 140 Å². The Balaban J connectivity index is 2.29. The van der Waals surface area contributed by atoms with Gasteiger partial charge in [-0.1, -0.05) is 30.3 Å². The lowest BCUT2D eigenvalue weighted by Crippen LogP contribution is -2.21. The van der Waals surface area contributed by atoms with Crippen molar-refractivity contribution in [1.29, 1.82) is 0 Å². The van der Waals surface area contributed by atoms with Crippen molar-refractivity contribution in [3.05, 3.63) is 53.6 Å². The van der Waals surface area contributed by atoms with Crippen LogP contribution in [0.2, 0.25) is 0 Å². The fourth-order valence-corrected chi connectivity index (χ4v) is 2.03. The molecule has 7 heteroatoms. The third kappa shape index (κ3) is 4.64. The fraction of sp³-hybridized carbons (Fsp3) is 0.176. The average Bonchev–Trinajstić information content (AvgIpc) is 2.60. The molecule has 0 bridgehead atoms. The Morgan fingerprint density at radius 1 is 1.04 bits per heavy atom. The van der Waals surface area contributed by atoms with Gasteiger partial charge < -0.3 is 25.7 Å². The summed E-state index contributed by atoms with van der Waals surface area (Å²) in [5, 5.41) is 7.36. The van der Waals surface area contributed by atoms with E-state index in [1.54, 1.807) is 26.4 Å². The summed E-state index contributed by atoms with van der Waals surface area (Å²) in [6, 6.07) is 13.3. The van der Waals surface area contributed by atoms with Crippen molar-refractivity contribution >= 4 is 12.2 Å². The first-order chi connectivity index (χ1) is 11.6. The van der Waals surface area contributed by atoms with E-state index in [2.05, 4.69) is 10.2 Å². The summed E-state index contributed by atoms with van der Waals surface area (Å²) in [6.07, 6.45) is 1.50. The predicted molar refractivity (Wildman–Crippen MR) is 93.7 cm³/mol. The third-order valence-electron chi connectivity index (χ3n) is 3.08. The molecule has 0 atom stereocenters. The number of ether oxygens (including phenoxy) is 3. The maximum atomic E-state index is 5.87. The molecule has 0 aliphatic carbocycles. The first-order valence-corrected chi connectivity index (χ1v) is 7.18. The molecule has 0 aliphatic rings. The zero-order valence-electron chi connectivity index (χ0n) is 13.6. The quantitative estimate of drug-likeness (QED) is 0.459. The normalized spacial score (nSPS) is 10.4. The summed E-state index contributed by atoms with van der Waals surface area (Å²) >= 11 is 0. The highest BCUT2D eigenvalue weighted by atomic mass is 16.5. The van der Waals surface area contributed by atoms with E-state index in [4.69, 9.17) is 25.7 Å². The van der Waals surface area contributed by atoms with Crippen LogP contribution in [0.15, 0.2) is 52.7 Å². The summed E-state index contributed by atoms with van der Waals surface area (Å²) in [6.45, 7) is 0.398. The van der Waals surface area contributed by atoms with E-state index < -0.39 is 0 Å². The molecule has 0 amide bonds. The second-order valence-electron chi connectivity index (χ2n) is 4.80. The largest absolute Gasteiger partial charge is 0.493 e. The highest BCUT2D eigenvalue weighted by Gasteiger charge is 2.13. The highest BCUT2D eigenvalue weighted by Crippen LogP contribution is 2.38. The molecule has 0 spiro atoms. The smallest absolute Gasteiger partial charge is 0.211 e. The van der Waals surface area contributed by atoms with Crippen LogP contribution >= 0.6 is 0 Å². The van der Waals surface area contributed by atoms with E-state index in [-0.39, 0.29) is 5.96 Å². The summed E-state index contributed by atoms with van der Waals surface area (Å²) in [5.74, 6) is 1.45. The van der Waals surface area contributed by atoms with E-state index in [1.807, 2.05) is 30.3 Å². The van der Waals surface area contributed by atoms with Crippen molar-refractivity contribution in [2.45, 2.75) is 6.61 Å². The van der Waals surface area contributed by atoms with Crippen LogP contribution in [0.4, 0.5) is 0 Å². The lowest BCUT2D eigenvalue weighted by atomic mass is 10.2. The number of nitrogens with zero attached hydrogens (tertiary/aromatic N) is 2. The van der Waals surface area contributed by atoms with Gasteiger partial charge in [-0.2, -0.15) is 5.10 Å². The Kier molecular flexibility index (Phi) is 6.01. The van der Waals surface area contributed by atoms with Crippen molar-refractivity contribution < 1.29 is 14.2 Å². The van der Waals surface area contributed by atoms with Gasteiger partial charge in [0.25, 0.3) is 0 Å². The molecule has 0 saturated heterocycles. The molecule has 24 heavy (non-hydrogen) atoms. The van der Waals surface area contributed by atoms with Gasteiger partial charge in [-0.3, -0.25) is 0 Å². The average molecular weight is 328 g/mol. The zero-order valence-corrected chi connectivity index (χ0v) is 13.6. The first kappa shape index (κ1) is 17.1. The molecule has 126 valence electrons. The van der Waals surface area contributed by atoms with Crippen molar-refractivity contribution in [1.82, 2.24) is 0 Å². The van der Waals surface area contributed by atoms with Crippen LogP contribution < -0.4 is 25.7 Å². The molecular weight excluding hydrogens is 308 g/mol. The summed E-state index contributed by atoms with van der Waals surface area (Å²) in [4.78, 5) is 0. The maximum absolute atomic E-state index is 5.87. The van der Waals surface area contributed by atoms with Crippen LogP contribution in [0, 0.1) is 0 Å². The minimum Gasteiger partial charge on any atom is -0.493 e. The molecule has 0 fully saturated rings. The molecule has 0 radical (unpaired) electrons. The molecule has 0 heterocycles. The van der Waals surface area contributed by atoms with Crippen LogP contribution in [-0.2, 0) is 6.61 Å². The second-order valence-corrected chi connectivity index (χ2v) is 4.80. The van der Waals surface area contributed by atoms with Gasteiger partial charge in [0.1, 0.15) is 6.61 Å². The molecule has 2 rings (SSSR count). The summed E-state index contributed by atoms with van der Waals surface area (Å²) < 4.78 is 16.6. The number of methoxy groups -OCH3 is 2. The minimum atomic E-state index is -0.118. The van der Waals surface area contributed by atoms with Crippen LogP contribution in [-0.4, -0.2) is 26.4 Å². The van der Waals surface area contributed by atoms with Gasteiger partial charge in [-0.15, -0.1) is 5.10 Å². The molecule has 2 aromatic carbocycles. The zero-order chi connectivity index (χ0) is 17.4. The van der Waals surface area contributed by atoms with Crippen LogP contribution in [0.1, 0.15) is 11.1 Å². The predicted octanol–water partition coefficient (Wildman–Crippen LogP) is 1.89. The van der Waals surface area contributed by atoms with Crippen LogP contribution in [0.5, 0.6) is 17.2 Å². The summed E-state index contributed by atoms with van der Waals surface area (Å²) in [7, 11) is 3.11. The number of nitrogens with two attached hydrogens (primary N) is 2. The molecular formula is C17H20N4O3. The topological polar surface area (TPSA) is 104 Å². The van der Waals surface area contributed by atoms with Gasteiger partial charge in [0.15, 0.2) is 11.5 Å². The monoisotopic (exact) mass is 328 g/mol. The van der Waals surface area contributed by atoms with Crippen molar-refractivity contribution in [2.24, 2.45) is 21.7 Å². The maximum Gasteiger partial charge on any atom is 0.211 e. The van der Waals surface area contributed by atoms with Gasteiger partial charge in [0, 0.05) is 5.56 Å². The minimum absolute atomic E-state index is 0.118. The van der Waals surface area contributed by atoms with Gasteiger partial charge in [-0.25, -0.2) is 0 Å². The lowest BCUT2D eigenvalue weighted by Gasteiger charge is -2.14. The molecule has 0 aromatic heterocycles. The molecule has 7 nitrogen and oxygen atoms in total. The van der Waals surface area contributed by atoms with E-state index in [1.165, 1.54) is 6.21 Å². The van der Waals surface area contributed by atoms with Crippen molar-refractivity contribution in [3.63, 3.8) is 0 Å². The van der Waals surface area contributed by atoms with E-state index in [0.717, 1.165) is 5.56 Å². The number of hydrogen-bond donors (Lipinski definition) is 2. The van der Waals surface area contributed by atoms with Crippen LogP contribution in [0.3, 0.4) is 0 Å². The second kappa shape index (κ2) is 8.42. The van der Waals surface area contributed by atoms with Gasteiger partial charge in [-0.05, 0) is 17.7 Å².